The molecule has 0 atom stereocenters. The number of rotatable bonds is 6. The van der Waals surface area contributed by atoms with E-state index in [9.17, 15) is 4.79 Å². The van der Waals surface area contributed by atoms with Crippen LogP contribution in [0.5, 0.6) is 5.75 Å². The molecule has 2 aromatic heterocycles. The Labute approximate surface area is 192 Å². The lowest BCUT2D eigenvalue weighted by atomic mass is 9.49. The molecule has 4 bridgehead atoms. The summed E-state index contributed by atoms with van der Waals surface area (Å²) in [7, 11) is 0. The minimum Gasteiger partial charge on any atom is -0.492 e. The molecule has 0 unspecified atom stereocenters. The third kappa shape index (κ3) is 3.40. The Morgan fingerprint density at radius 2 is 1.84 bits per heavy atom. The van der Waals surface area contributed by atoms with E-state index in [2.05, 4.69) is 11.1 Å². The quantitative estimate of drug-likeness (QED) is 0.476. The molecule has 0 radical (unpaired) electrons. The first-order valence-electron chi connectivity index (χ1n) is 11.9. The van der Waals surface area contributed by atoms with E-state index in [1.54, 1.807) is 17.5 Å². The largest absolute Gasteiger partial charge is 0.492 e. The number of nitrogens with zero attached hydrogens (tertiary/aromatic N) is 3. The van der Waals surface area contributed by atoms with Crippen molar-refractivity contribution >= 4 is 32.6 Å². The average Bonchev–Trinajstić information content (AvgIpc) is 3.22. The van der Waals surface area contributed by atoms with E-state index >= 15 is 0 Å². The molecule has 1 amide bonds. The molecule has 5 nitrogen and oxygen atoms in total. The summed E-state index contributed by atoms with van der Waals surface area (Å²) in [6.07, 6.45) is 8.92. The lowest BCUT2D eigenvalue weighted by molar-refractivity contribution is -0.143. The van der Waals surface area contributed by atoms with E-state index < -0.39 is 0 Å². The molecular formula is C26H29N3O2S. The number of hydrogen-bond acceptors (Lipinski definition) is 5. The fourth-order valence-corrected chi connectivity index (χ4v) is 7.82. The Morgan fingerprint density at radius 3 is 2.50 bits per heavy atom. The fourth-order valence-electron chi connectivity index (χ4n) is 6.84. The van der Waals surface area contributed by atoms with Crippen LogP contribution >= 0.6 is 11.3 Å². The molecule has 0 spiro atoms. The van der Waals surface area contributed by atoms with Crippen molar-refractivity contribution in [1.82, 2.24) is 9.97 Å². The molecule has 4 aliphatic rings. The van der Waals surface area contributed by atoms with Gasteiger partial charge in [0.25, 0.3) is 0 Å². The van der Waals surface area contributed by atoms with Gasteiger partial charge in [0.15, 0.2) is 5.13 Å². The highest BCUT2D eigenvalue weighted by Gasteiger charge is 2.56. The van der Waals surface area contributed by atoms with Crippen molar-refractivity contribution in [2.45, 2.75) is 52.0 Å². The van der Waals surface area contributed by atoms with Crippen LogP contribution in [0.2, 0.25) is 0 Å². The summed E-state index contributed by atoms with van der Waals surface area (Å²) in [5.74, 6) is 3.22. The van der Waals surface area contributed by atoms with Gasteiger partial charge in [0.2, 0.25) is 5.91 Å². The highest BCUT2D eigenvalue weighted by Crippen LogP contribution is 2.61. The topological polar surface area (TPSA) is 55.3 Å². The van der Waals surface area contributed by atoms with E-state index in [0.29, 0.717) is 13.2 Å². The summed E-state index contributed by atoms with van der Waals surface area (Å²) < 4.78 is 6.87. The fraction of sp³-hybridized carbons (Fsp3) is 0.500. The number of hydrogen-bond donors (Lipinski definition) is 0. The first kappa shape index (κ1) is 20.2. The zero-order valence-electron chi connectivity index (χ0n) is 18.5. The van der Waals surface area contributed by atoms with Gasteiger partial charge in [-0.2, -0.15) is 0 Å². The summed E-state index contributed by atoms with van der Waals surface area (Å²) in [6.45, 7) is 3.04. The van der Waals surface area contributed by atoms with Gasteiger partial charge in [0.1, 0.15) is 11.3 Å². The van der Waals surface area contributed by atoms with Gasteiger partial charge in [-0.25, -0.2) is 4.98 Å². The van der Waals surface area contributed by atoms with E-state index in [4.69, 9.17) is 9.72 Å². The maximum absolute atomic E-state index is 14.3. The number of para-hydroxylation sites is 1. The van der Waals surface area contributed by atoms with E-state index in [-0.39, 0.29) is 11.3 Å². The number of benzene rings is 1. The van der Waals surface area contributed by atoms with Crippen molar-refractivity contribution < 1.29 is 9.53 Å². The van der Waals surface area contributed by atoms with Gasteiger partial charge in [0.05, 0.1) is 29.0 Å². The minimum absolute atomic E-state index is 0.218. The lowest BCUT2D eigenvalue weighted by Crippen LogP contribution is -2.54. The van der Waals surface area contributed by atoms with Gasteiger partial charge < -0.3 is 4.74 Å². The van der Waals surface area contributed by atoms with Gasteiger partial charge in [-0.05, 0) is 87.5 Å². The number of carbonyl (C=O) groups is 1. The molecule has 3 aromatic rings. The van der Waals surface area contributed by atoms with Gasteiger partial charge in [-0.3, -0.25) is 14.7 Å². The second-order valence-electron chi connectivity index (χ2n) is 9.94. The predicted molar refractivity (Wildman–Crippen MR) is 127 cm³/mol. The van der Waals surface area contributed by atoms with Crippen LogP contribution in [0, 0.1) is 23.2 Å². The van der Waals surface area contributed by atoms with Crippen LogP contribution in [-0.2, 0) is 11.3 Å². The number of carbonyl (C=O) groups excluding carboxylic acids is 1. The molecule has 0 saturated heterocycles. The number of amides is 1. The Morgan fingerprint density at radius 1 is 1.09 bits per heavy atom. The van der Waals surface area contributed by atoms with Crippen LogP contribution in [0.25, 0.3) is 10.2 Å². The van der Waals surface area contributed by atoms with Crippen molar-refractivity contribution in [3.05, 3.63) is 48.3 Å². The average molecular weight is 448 g/mol. The van der Waals surface area contributed by atoms with Crippen molar-refractivity contribution in [3.63, 3.8) is 0 Å². The molecule has 4 saturated carbocycles. The van der Waals surface area contributed by atoms with Crippen LogP contribution in [0.1, 0.15) is 51.1 Å². The zero-order chi connectivity index (χ0) is 21.7. The molecule has 0 aliphatic heterocycles. The molecule has 32 heavy (non-hydrogen) atoms. The van der Waals surface area contributed by atoms with E-state index in [1.807, 2.05) is 42.2 Å². The number of anilines is 1. The van der Waals surface area contributed by atoms with Crippen LogP contribution in [0.4, 0.5) is 5.13 Å². The van der Waals surface area contributed by atoms with Crippen LogP contribution in [0.15, 0.2) is 42.6 Å². The summed E-state index contributed by atoms with van der Waals surface area (Å²) in [5.41, 5.74) is 1.53. The summed E-state index contributed by atoms with van der Waals surface area (Å²) in [4.78, 5) is 25.7. The molecule has 6 heteroatoms. The summed E-state index contributed by atoms with van der Waals surface area (Å²) in [5, 5.41) is 0.763. The maximum Gasteiger partial charge on any atom is 0.235 e. The van der Waals surface area contributed by atoms with Crippen LogP contribution < -0.4 is 9.64 Å². The number of thiazole rings is 1. The zero-order valence-corrected chi connectivity index (χ0v) is 19.3. The standard InChI is InChI=1S/C26H29N3O2S/c1-2-31-21-7-5-8-22-23(21)28-25(32-22)29(16-20-6-3-4-9-27-20)24(30)26-13-17-10-18(14-26)12-19(11-17)15-26/h3-9,17-19H,2,10-16H2,1H3. The third-order valence-electron chi connectivity index (χ3n) is 7.68. The number of aromatic nitrogens is 2. The first-order valence-corrected chi connectivity index (χ1v) is 12.7. The van der Waals surface area contributed by atoms with E-state index in [0.717, 1.165) is 63.8 Å². The second-order valence-corrected chi connectivity index (χ2v) is 11.0. The maximum atomic E-state index is 14.3. The Balaban J connectivity index is 1.41. The predicted octanol–water partition coefficient (Wildman–Crippen LogP) is 5.84. The van der Waals surface area contributed by atoms with E-state index in [1.165, 1.54) is 19.3 Å². The highest BCUT2D eigenvalue weighted by atomic mass is 32.1. The van der Waals surface area contributed by atoms with Gasteiger partial charge in [-0.1, -0.05) is 23.5 Å². The number of ether oxygens (including phenoxy) is 1. The molecular weight excluding hydrogens is 418 g/mol. The monoisotopic (exact) mass is 447 g/mol. The smallest absolute Gasteiger partial charge is 0.235 e. The molecule has 1 aromatic carbocycles. The van der Waals surface area contributed by atoms with Crippen LogP contribution in [0.3, 0.4) is 0 Å². The second kappa shape index (κ2) is 7.84. The Hall–Kier alpha value is -2.47. The lowest BCUT2D eigenvalue weighted by Gasteiger charge is -2.56. The van der Waals surface area contributed by atoms with Crippen molar-refractivity contribution in [3.8, 4) is 5.75 Å². The molecule has 166 valence electrons. The first-order chi connectivity index (χ1) is 15.6. The number of fused-ring (bicyclic) bond motifs is 1. The van der Waals surface area contributed by atoms with Crippen molar-refractivity contribution in [2.75, 3.05) is 11.5 Å². The SMILES string of the molecule is CCOc1cccc2sc(N(Cc3ccccn3)C(=O)C34CC5CC(CC(C5)C3)C4)nc12. The highest BCUT2D eigenvalue weighted by molar-refractivity contribution is 7.22. The minimum atomic E-state index is -0.218. The molecule has 4 aliphatic carbocycles. The van der Waals surface area contributed by atoms with Crippen molar-refractivity contribution in [1.29, 1.82) is 0 Å². The third-order valence-corrected chi connectivity index (χ3v) is 8.73. The van der Waals surface area contributed by atoms with Crippen molar-refractivity contribution in [2.24, 2.45) is 23.2 Å². The van der Waals surface area contributed by atoms with Crippen LogP contribution in [-0.4, -0.2) is 22.5 Å². The summed E-state index contributed by atoms with van der Waals surface area (Å²) >= 11 is 1.58. The normalized spacial score (nSPS) is 28.2. The summed E-state index contributed by atoms with van der Waals surface area (Å²) in [6, 6.07) is 11.9. The molecule has 2 heterocycles. The molecule has 4 fully saturated rings. The number of pyridine rings is 1. The van der Waals surface area contributed by atoms with Gasteiger partial charge in [0, 0.05) is 6.20 Å². The van der Waals surface area contributed by atoms with Gasteiger partial charge in [-0.15, -0.1) is 0 Å². The Bertz CT molecular complexity index is 1110. The molecule has 7 rings (SSSR count). The molecule has 0 N–H and O–H groups in total. The van der Waals surface area contributed by atoms with Gasteiger partial charge >= 0.3 is 0 Å². The Kier molecular flexibility index (Phi) is 4.94.